The lowest BCUT2D eigenvalue weighted by Gasteiger charge is -2.48. The van der Waals surface area contributed by atoms with Crippen LogP contribution in [0.3, 0.4) is 0 Å². The third kappa shape index (κ3) is 2.30. The molecule has 0 aromatic heterocycles. The quantitative estimate of drug-likeness (QED) is 0.713. The van der Waals surface area contributed by atoms with Crippen LogP contribution in [0.1, 0.15) is 71.6 Å². The fraction of sp³-hybridized carbons (Fsp3) is 0.938. The third-order valence-corrected chi connectivity index (χ3v) is 5.71. The molecule has 18 heavy (non-hydrogen) atoms. The highest BCUT2D eigenvalue weighted by Gasteiger charge is 2.52. The van der Waals surface area contributed by atoms with Gasteiger partial charge in [-0.25, -0.2) is 0 Å². The molecule has 0 radical (unpaired) electrons. The molecule has 2 rings (SSSR count). The van der Waals surface area contributed by atoms with Crippen molar-refractivity contribution in [2.45, 2.75) is 77.2 Å². The average Bonchev–Trinajstić information content (AvgIpc) is 2.61. The Labute approximate surface area is 111 Å². The summed E-state index contributed by atoms with van der Waals surface area (Å²) in [6, 6.07) is 2.55. The van der Waals surface area contributed by atoms with Crippen molar-refractivity contribution in [3.8, 4) is 6.07 Å². The molecule has 0 heterocycles. The van der Waals surface area contributed by atoms with E-state index >= 15 is 0 Å². The van der Waals surface area contributed by atoms with E-state index in [0.29, 0.717) is 11.8 Å². The number of hydrogen-bond donors (Lipinski definition) is 1. The number of hydrogen-bond acceptors (Lipinski definition) is 2. The summed E-state index contributed by atoms with van der Waals surface area (Å²) in [7, 11) is 0. The number of nitrogens with zero attached hydrogens (tertiary/aromatic N) is 1. The predicted molar refractivity (Wildman–Crippen MR) is 72.9 cm³/mol. The second kappa shape index (κ2) is 5.21. The molecule has 0 spiro atoms. The first-order valence-electron chi connectivity index (χ1n) is 7.67. The van der Waals surface area contributed by atoms with Crippen LogP contribution < -0.4 is 0 Å². The van der Waals surface area contributed by atoms with Gasteiger partial charge in [0, 0.05) is 0 Å². The molecule has 0 saturated heterocycles. The lowest BCUT2D eigenvalue weighted by atomic mass is 9.59. The van der Waals surface area contributed by atoms with Gasteiger partial charge in [-0.3, -0.25) is 0 Å². The van der Waals surface area contributed by atoms with Crippen LogP contribution in [0.15, 0.2) is 0 Å². The maximum absolute atomic E-state index is 11.1. The highest BCUT2D eigenvalue weighted by atomic mass is 16.3. The van der Waals surface area contributed by atoms with Crippen LogP contribution >= 0.6 is 0 Å². The van der Waals surface area contributed by atoms with Gasteiger partial charge in [0.05, 0.1) is 17.1 Å². The minimum atomic E-state index is -0.724. The molecular formula is C16H27NO. The summed E-state index contributed by atoms with van der Waals surface area (Å²) >= 11 is 0. The lowest BCUT2D eigenvalue weighted by Crippen LogP contribution is -2.51. The van der Waals surface area contributed by atoms with Crippen LogP contribution in [0, 0.1) is 28.6 Å². The second-order valence-corrected chi connectivity index (χ2v) is 6.84. The maximum Gasteiger partial charge on any atom is 0.0860 e. The Morgan fingerprint density at radius 2 is 1.61 bits per heavy atom. The van der Waals surface area contributed by atoms with E-state index in [1.807, 2.05) is 0 Å². The Kier molecular flexibility index (Phi) is 4.02. The van der Waals surface area contributed by atoms with Gasteiger partial charge in [0.25, 0.3) is 0 Å². The molecule has 2 fully saturated rings. The molecule has 0 aliphatic heterocycles. The van der Waals surface area contributed by atoms with Crippen molar-refractivity contribution in [1.82, 2.24) is 0 Å². The van der Waals surface area contributed by atoms with Gasteiger partial charge in [0.1, 0.15) is 0 Å². The highest BCUT2D eigenvalue weighted by molar-refractivity contribution is 5.13. The van der Waals surface area contributed by atoms with Crippen molar-refractivity contribution in [2.24, 2.45) is 17.3 Å². The zero-order chi connectivity index (χ0) is 13.2. The number of aliphatic hydroxyl groups is 1. The van der Waals surface area contributed by atoms with Gasteiger partial charge >= 0.3 is 0 Å². The van der Waals surface area contributed by atoms with Crippen LogP contribution in [-0.4, -0.2) is 10.7 Å². The fourth-order valence-corrected chi connectivity index (χ4v) is 4.03. The summed E-state index contributed by atoms with van der Waals surface area (Å²) < 4.78 is 0. The van der Waals surface area contributed by atoms with E-state index in [1.54, 1.807) is 0 Å². The van der Waals surface area contributed by atoms with Gasteiger partial charge in [-0.05, 0) is 43.9 Å². The molecule has 102 valence electrons. The van der Waals surface area contributed by atoms with Crippen LogP contribution in [0.25, 0.3) is 0 Å². The molecule has 0 amide bonds. The molecular weight excluding hydrogens is 222 g/mol. The Bertz CT molecular complexity index is 324. The summed E-state index contributed by atoms with van der Waals surface area (Å²) in [5, 5.41) is 20.9. The third-order valence-electron chi connectivity index (χ3n) is 5.71. The minimum absolute atomic E-state index is 0.460. The summed E-state index contributed by atoms with van der Waals surface area (Å²) in [5.74, 6) is 1.23. The summed E-state index contributed by atoms with van der Waals surface area (Å²) in [5.41, 5.74) is -1.18. The van der Waals surface area contributed by atoms with Gasteiger partial charge < -0.3 is 5.11 Å². The first kappa shape index (κ1) is 13.9. The minimum Gasteiger partial charge on any atom is -0.388 e. The molecule has 0 aromatic carbocycles. The van der Waals surface area contributed by atoms with Crippen LogP contribution in [-0.2, 0) is 0 Å². The molecule has 2 heteroatoms. The predicted octanol–water partition coefficient (Wildman–Crippen LogP) is 4.04. The van der Waals surface area contributed by atoms with E-state index in [4.69, 9.17) is 0 Å². The molecule has 3 atom stereocenters. The monoisotopic (exact) mass is 249 g/mol. The fourth-order valence-electron chi connectivity index (χ4n) is 4.03. The van der Waals surface area contributed by atoms with Crippen molar-refractivity contribution in [3.63, 3.8) is 0 Å². The average molecular weight is 249 g/mol. The Morgan fingerprint density at radius 1 is 1.00 bits per heavy atom. The van der Waals surface area contributed by atoms with E-state index in [-0.39, 0.29) is 0 Å². The zero-order valence-electron chi connectivity index (χ0n) is 11.9. The summed E-state index contributed by atoms with van der Waals surface area (Å²) in [6.45, 7) is 4.51. The van der Waals surface area contributed by atoms with E-state index < -0.39 is 11.0 Å². The van der Waals surface area contributed by atoms with E-state index in [2.05, 4.69) is 19.9 Å². The first-order valence-corrected chi connectivity index (χ1v) is 7.67. The smallest absolute Gasteiger partial charge is 0.0860 e. The van der Waals surface area contributed by atoms with Crippen molar-refractivity contribution in [2.75, 3.05) is 0 Å². The van der Waals surface area contributed by atoms with Gasteiger partial charge in [-0.15, -0.1) is 0 Å². The van der Waals surface area contributed by atoms with Crippen LogP contribution in [0.2, 0.25) is 0 Å². The topological polar surface area (TPSA) is 44.0 Å². The molecule has 2 aliphatic rings. The molecule has 1 N–H and O–H groups in total. The standard InChI is InChI=1S/C16H27NO/c1-13-7-10-16(18,11-14(13)2)15(12-17)8-5-3-4-6-9-15/h13-14,18H,3-11H2,1-2H3. The summed E-state index contributed by atoms with van der Waals surface area (Å²) in [6.07, 6.45) is 9.20. The first-order chi connectivity index (χ1) is 8.53. The van der Waals surface area contributed by atoms with Crippen LogP contribution in [0.4, 0.5) is 0 Å². The SMILES string of the molecule is CC1CCC(O)(C2(C#N)CCCCCC2)CC1C. The van der Waals surface area contributed by atoms with Crippen LogP contribution in [0.5, 0.6) is 0 Å². The van der Waals surface area contributed by atoms with E-state index in [0.717, 1.165) is 44.9 Å². The van der Waals surface area contributed by atoms with Gasteiger partial charge in [0.2, 0.25) is 0 Å². The van der Waals surface area contributed by atoms with Crippen molar-refractivity contribution in [3.05, 3.63) is 0 Å². The maximum atomic E-state index is 11.1. The van der Waals surface area contributed by atoms with Crippen molar-refractivity contribution < 1.29 is 5.11 Å². The number of nitriles is 1. The molecule has 2 saturated carbocycles. The Morgan fingerprint density at radius 3 is 2.11 bits per heavy atom. The second-order valence-electron chi connectivity index (χ2n) is 6.84. The largest absolute Gasteiger partial charge is 0.388 e. The zero-order valence-corrected chi connectivity index (χ0v) is 11.9. The van der Waals surface area contributed by atoms with Crippen molar-refractivity contribution >= 4 is 0 Å². The Hall–Kier alpha value is -0.550. The molecule has 2 nitrogen and oxygen atoms in total. The molecule has 0 aromatic rings. The van der Waals surface area contributed by atoms with Gasteiger partial charge in [-0.2, -0.15) is 5.26 Å². The van der Waals surface area contributed by atoms with Gasteiger partial charge in [-0.1, -0.05) is 39.5 Å². The lowest BCUT2D eigenvalue weighted by molar-refractivity contribution is -0.110. The molecule has 3 unspecified atom stereocenters. The van der Waals surface area contributed by atoms with E-state index in [9.17, 15) is 10.4 Å². The van der Waals surface area contributed by atoms with Crippen molar-refractivity contribution in [1.29, 1.82) is 5.26 Å². The highest BCUT2D eigenvalue weighted by Crippen LogP contribution is 2.52. The normalized spacial score (nSPS) is 40.8. The molecule has 2 aliphatic carbocycles. The Balaban J connectivity index is 2.23. The molecule has 0 bridgehead atoms. The van der Waals surface area contributed by atoms with E-state index in [1.165, 1.54) is 12.8 Å². The summed E-state index contributed by atoms with van der Waals surface area (Å²) in [4.78, 5) is 0. The number of rotatable bonds is 1. The van der Waals surface area contributed by atoms with Gasteiger partial charge in [0.15, 0.2) is 0 Å².